The molecule has 0 heterocycles. The van der Waals surface area contributed by atoms with Gasteiger partial charge in [0.25, 0.3) is 6.47 Å². The van der Waals surface area contributed by atoms with Crippen LogP contribution >= 0.6 is 0 Å². The summed E-state index contributed by atoms with van der Waals surface area (Å²) in [6, 6.07) is -0.485. The van der Waals surface area contributed by atoms with Crippen LogP contribution in [0.4, 0.5) is 0 Å². The first-order valence-electron chi connectivity index (χ1n) is 5.53. The van der Waals surface area contributed by atoms with E-state index in [1.807, 2.05) is 0 Å². The number of rotatable bonds is 9. The van der Waals surface area contributed by atoms with E-state index in [0.717, 1.165) is 12.8 Å². The summed E-state index contributed by atoms with van der Waals surface area (Å²) in [7, 11) is 0. The minimum atomic E-state index is -0.773. The Morgan fingerprint density at radius 3 is 2.56 bits per heavy atom. The summed E-state index contributed by atoms with van der Waals surface area (Å²) in [4.78, 5) is 21.9. The molecule has 4 N–H and O–H groups in total. The topological polar surface area (TPSA) is 95.4 Å². The predicted molar refractivity (Wildman–Crippen MR) is 61.7 cm³/mol. The second-order valence-electron chi connectivity index (χ2n) is 4.51. The van der Waals surface area contributed by atoms with Crippen molar-refractivity contribution >= 4 is 12.3 Å². The highest BCUT2D eigenvalue weighted by Crippen LogP contribution is 2.15. The maximum Gasteiger partial charge on any atom is 0.293 e. The molecule has 0 aromatic rings. The first-order chi connectivity index (χ1) is 7.43. The van der Waals surface area contributed by atoms with Gasteiger partial charge in [-0.15, -0.1) is 0 Å². The average molecular weight is 230 g/mol. The largest absolute Gasteiger partial charge is 0.461 e. The summed E-state index contributed by atoms with van der Waals surface area (Å²) in [6.45, 7) is 4.34. The van der Waals surface area contributed by atoms with E-state index in [1.165, 1.54) is 0 Å². The maximum absolute atomic E-state index is 11.7. The molecule has 0 radical (unpaired) electrons. The van der Waals surface area contributed by atoms with E-state index in [4.69, 9.17) is 16.2 Å². The second kappa shape index (κ2) is 7.35. The molecule has 1 atom stereocenters. The van der Waals surface area contributed by atoms with Gasteiger partial charge in [0.05, 0.1) is 6.04 Å². The van der Waals surface area contributed by atoms with Gasteiger partial charge in [-0.2, -0.15) is 0 Å². The van der Waals surface area contributed by atoms with E-state index < -0.39 is 11.6 Å². The van der Waals surface area contributed by atoms with Crippen molar-refractivity contribution in [2.24, 2.45) is 11.5 Å². The van der Waals surface area contributed by atoms with Gasteiger partial charge in [0.1, 0.15) is 5.60 Å². The molecule has 94 valence electrons. The lowest BCUT2D eigenvalue weighted by atomic mass is 9.95. The van der Waals surface area contributed by atoms with Crippen LogP contribution in [-0.2, 0) is 14.3 Å². The fraction of sp³-hybridized carbons (Fsp3) is 0.818. The number of nitrogens with two attached hydrogens (primary N) is 2. The van der Waals surface area contributed by atoms with E-state index in [0.29, 0.717) is 19.4 Å². The van der Waals surface area contributed by atoms with Crippen LogP contribution < -0.4 is 11.5 Å². The van der Waals surface area contributed by atoms with E-state index in [-0.39, 0.29) is 12.2 Å². The van der Waals surface area contributed by atoms with E-state index in [1.54, 1.807) is 13.8 Å². The van der Waals surface area contributed by atoms with Gasteiger partial charge in [-0.05, 0) is 33.2 Å². The first-order valence-corrected chi connectivity index (χ1v) is 5.53. The Morgan fingerprint density at radius 2 is 2.06 bits per heavy atom. The third kappa shape index (κ3) is 6.53. The molecule has 0 aliphatic heterocycles. The highest BCUT2D eigenvalue weighted by atomic mass is 16.5. The van der Waals surface area contributed by atoms with Crippen LogP contribution in [0.5, 0.6) is 0 Å². The Labute approximate surface area is 96.5 Å². The molecule has 5 heteroatoms. The van der Waals surface area contributed by atoms with Crippen LogP contribution in [0.25, 0.3) is 0 Å². The van der Waals surface area contributed by atoms with E-state index in [9.17, 15) is 9.59 Å². The average Bonchev–Trinajstić information content (AvgIpc) is 2.16. The Balaban J connectivity index is 3.99. The summed E-state index contributed by atoms with van der Waals surface area (Å²) in [5.41, 5.74) is 10.3. The summed E-state index contributed by atoms with van der Waals surface area (Å²) in [6.07, 6.45) is 2.50. The van der Waals surface area contributed by atoms with Gasteiger partial charge in [-0.25, -0.2) is 0 Å². The number of carbonyl (C=O) groups is 2. The molecule has 0 rings (SSSR count). The number of Topliss-reactive ketones (excluding diaryl/α,β-unsaturated/α-hetero) is 1. The van der Waals surface area contributed by atoms with Gasteiger partial charge in [0, 0.05) is 6.42 Å². The number of carbonyl (C=O) groups excluding carboxylic acids is 2. The Morgan fingerprint density at radius 1 is 1.44 bits per heavy atom. The molecule has 0 spiro atoms. The number of ketones is 1. The number of hydrogen-bond acceptors (Lipinski definition) is 5. The van der Waals surface area contributed by atoms with Crippen LogP contribution in [-0.4, -0.2) is 30.4 Å². The normalized spacial score (nSPS) is 13.2. The van der Waals surface area contributed by atoms with Gasteiger partial charge < -0.3 is 16.2 Å². The molecule has 0 aliphatic carbocycles. The fourth-order valence-electron chi connectivity index (χ4n) is 1.39. The molecule has 5 nitrogen and oxygen atoms in total. The summed E-state index contributed by atoms with van der Waals surface area (Å²) < 4.78 is 4.80. The minimum absolute atomic E-state index is 0.0797. The molecular weight excluding hydrogens is 208 g/mol. The van der Waals surface area contributed by atoms with Crippen LogP contribution in [0.3, 0.4) is 0 Å². The second-order valence-corrected chi connectivity index (χ2v) is 4.51. The van der Waals surface area contributed by atoms with Crippen molar-refractivity contribution in [1.29, 1.82) is 0 Å². The highest BCUT2D eigenvalue weighted by Gasteiger charge is 2.26. The number of unbranched alkanes of at least 4 members (excludes halogenated alkanes) is 1. The van der Waals surface area contributed by atoms with Crippen molar-refractivity contribution in [3.05, 3.63) is 0 Å². The van der Waals surface area contributed by atoms with Crippen molar-refractivity contribution in [2.75, 3.05) is 6.54 Å². The molecule has 0 saturated carbocycles. The van der Waals surface area contributed by atoms with E-state index >= 15 is 0 Å². The van der Waals surface area contributed by atoms with Gasteiger partial charge in [-0.1, -0.05) is 6.42 Å². The van der Waals surface area contributed by atoms with Crippen LogP contribution in [0.1, 0.15) is 39.5 Å². The smallest absolute Gasteiger partial charge is 0.293 e. The maximum atomic E-state index is 11.7. The summed E-state index contributed by atoms with van der Waals surface area (Å²) in [5, 5.41) is 0. The third-order valence-corrected chi connectivity index (χ3v) is 2.35. The molecule has 0 bridgehead atoms. The number of ether oxygens (including phenoxy) is 1. The zero-order valence-electron chi connectivity index (χ0n) is 10.1. The zero-order chi connectivity index (χ0) is 12.6. The van der Waals surface area contributed by atoms with Crippen LogP contribution in [0.15, 0.2) is 0 Å². The van der Waals surface area contributed by atoms with E-state index in [2.05, 4.69) is 0 Å². The predicted octanol–water partition coefficient (Wildman–Crippen LogP) is 0.354. The lowest BCUT2D eigenvalue weighted by Gasteiger charge is -2.23. The molecule has 0 aromatic heterocycles. The summed E-state index contributed by atoms with van der Waals surface area (Å²) >= 11 is 0. The fourth-order valence-corrected chi connectivity index (χ4v) is 1.39. The van der Waals surface area contributed by atoms with Crippen molar-refractivity contribution in [1.82, 2.24) is 0 Å². The molecule has 0 fully saturated rings. The number of hydrogen-bond donors (Lipinski definition) is 2. The molecule has 0 saturated heterocycles. The molecule has 0 aliphatic rings. The molecular formula is C11H22N2O3. The molecule has 0 aromatic carbocycles. The standard InChI is InChI=1S/C11H22N2O3/c1-11(2,16-8-14)7-10(15)9(13)5-3-4-6-12/h8-9H,3-7,12-13H2,1-2H3/t9-/m0/s1. The SMILES string of the molecule is CC(C)(CC(=O)[C@@H](N)CCCCN)OC=O. The lowest BCUT2D eigenvalue weighted by Crippen LogP contribution is -2.37. The van der Waals surface area contributed by atoms with Crippen LogP contribution in [0, 0.1) is 0 Å². The quantitative estimate of drug-likeness (QED) is 0.440. The van der Waals surface area contributed by atoms with Gasteiger partial charge in [0.2, 0.25) is 0 Å². The van der Waals surface area contributed by atoms with Gasteiger partial charge in [-0.3, -0.25) is 9.59 Å². The molecule has 16 heavy (non-hydrogen) atoms. The van der Waals surface area contributed by atoms with Gasteiger partial charge in [0.15, 0.2) is 5.78 Å². The Hall–Kier alpha value is -0.940. The Bertz CT molecular complexity index is 229. The lowest BCUT2D eigenvalue weighted by molar-refractivity contribution is -0.143. The van der Waals surface area contributed by atoms with Gasteiger partial charge >= 0.3 is 0 Å². The van der Waals surface area contributed by atoms with Crippen LogP contribution in [0.2, 0.25) is 0 Å². The molecule has 0 unspecified atom stereocenters. The highest BCUT2D eigenvalue weighted by molar-refractivity contribution is 5.84. The van der Waals surface area contributed by atoms with Crippen molar-refractivity contribution < 1.29 is 14.3 Å². The molecule has 0 amide bonds. The van der Waals surface area contributed by atoms with Crippen molar-refractivity contribution in [2.45, 2.75) is 51.2 Å². The summed E-state index contributed by atoms with van der Waals surface area (Å²) in [5.74, 6) is -0.0797. The minimum Gasteiger partial charge on any atom is -0.461 e. The van der Waals surface area contributed by atoms with Crippen molar-refractivity contribution in [3.63, 3.8) is 0 Å². The first kappa shape index (κ1) is 15.1. The Kier molecular flexibility index (Phi) is 6.92. The zero-order valence-corrected chi connectivity index (χ0v) is 10.1. The van der Waals surface area contributed by atoms with Crippen molar-refractivity contribution in [3.8, 4) is 0 Å². The third-order valence-electron chi connectivity index (χ3n) is 2.35. The monoisotopic (exact) mass is 230 g/mol.